The molecule has 1 aromatic heterocycles. The molecular weight excluding hydrogens is 278 g/mol. The van der Waals surface area contributed by atoms with Crippen LogP contribution in [0.3, 0.4) is 0 Å². The van der Waals surface area contributed by atoms with Crippen molar-refractivity contribution in [3.8, 4) is 0 Å². The van der Waals surface area contributed by atoms with Crippen LogP contribution in [0.2, 0.25) is 0 Å². The van der Waals surface area contributed by atoms with Crippen molar-refractivity contribution in [3.05, 3.63) is 24.4 Å². The van der Waals surface area contributed by atoms with Crippen molar-refractivity contribution in [3.63, 3.8) is 0 Å². The Hall–Kier alpha value is -1.57. The van der Waals surface area contributed by atoms with Gasteiger partial charge in [-0.1, -0.05) is 0 Å². The molecule has 0 radical (unpaired) electrons. The first-order valence-electron chi connectivity index (χ1n) is 6.38. The van der Waals surface area contributed by atoms with Crippen LogP contribution in [0.4, 0.5) is 5.69 Å². The van der Waals surface area contributed by atoms with Gasteiger partial charge in [0.05, 0.1) is 12.7 Å². The summed E-state index contributed by atoms with van der Waals surface area (Å²) in [6, 6.07) is 5.08. The first-order chi connectivity index (χ1) is 9.40. The molecule has 2 rings (SSSR count). The van der Waals surface area contributed by atoms with Gasteiger partial charge in [-0.15, -0.1) is 0 Å². The summed E-state index contributed by atoms with van der Waals surface area (Å²) in [4.78, 5) is 3.13. The van der Waals surface area contributed by atoms with E-state index in [1.54, 1.807) is 18.2 Å². The fourth-order valence-electron chi connectivity index (χ4n) is 1.89. The molecule has 7 heteroatoms. The van der Waals surface area contributed by atoms with Crippen molar-refractivity contribution in [1.29, 1.82) is 0 Å². The summed E-state index contributed by atoms with van der Waals surface area (Å²) in [5.41, 5.74) is 6.95. The number of hydrogen-bond acceptors (Lipinski definition) is 4. The van der Waals surface area contributed by atoms with E-state index < -0.39 is 10.0 Å². The van der Waals surface area contributed by atoms with Crippen LogP contribution < -0.4 is 10.5 Å². The molecule has 0 bridgehead atoms. The Morgan fingerprint density at radius 1 is 1.40 bits per heavy atom. The van der Waals surface area contributed by atoms with Gasteiger partial charge in [0, 0.05) is 29.3 Å². The summed E-state index contributed by atoms with van der Waals surface area (Å²) >= 11 is 0. The van der Waals surface area contributed by atoms with E-state index in [9.17, 15) is 8.42 Å². The second-order valence-corrected chi connectivity index (χ2v) is 6.51. The van der Waals surface area contributed by atoms with E-state index in [2.05, 4.69) is 9.71 Å². The van der Waals surface area contributed by atoms with Crippen molar-refractivity contribution >= 4 is 26.6 Å². The van der Waals surface area contributed by atoms with Crippen LogP contribution in [0, 0.1) is 0 Å². The topological polar surface area (TPSA) is 97.2 Å². The van der Waals surface area contributed by atoms with Crippen LogP contribution in [0.5, 0.6) is 0 Å². The van der Waals surface area contributed by atoms with Crippen LogP contribution in [0.25, 0.3) is 10.9 Å². The molecular formula is C13H19N3O3S. The van der Waals surface area contributed by atoms with Crippen LogP contribution in [0.1, 0.15) is 13.8 Å². The maximum atomic E-state index is 12.2. The van der Waals surface area contributed by atoms with E-state index in [4.69, 9.17) is 10.5 Å². The number of anilines is 1. The van der Waals surface area contributed by atoms with Crippen molar-refractivity contribution in [1.82, 2.24) is 9.71 Å². The smallest absolute Gasteiger partial charge is 0.242 e. The first kappa shape index (κ1) is 14.8. The molecule has 20 heavy (non-hydrogen) atoms. The van der Waals surface area contributed by atoms with Gasteiger partial charge >= 0.3 is 0 Å². The zero-order valence-electron chi connectivity index (χ0n) is 11.5. The Bertz CT molecular complexity index is 692. The summed E-state index contributed by atoms with van der Waals surface area (Å²) < 4.78 is 32.3. The second kappa shape index (κ2) is 5.82. The number of hydrogen-bond donors (Lipinski definition) is 3. The van der Waals surface area contributed by atoms with Crippen molar-refractivity contribution < 1.29 is 13.2 Å². The molecule has 6 nitrogen and oxygen atoms in total. The average Bonchev–Trinajstić information content (AvgIpc) is 2.78. The molecule has 0 spiro atoms. The van der Waals surface area contributed by atoms with Gasteiger partial charge in [0.1, 0.15) is 4.90 Å². The Kier molecular flexibility index (Phi) is 4.32. The van der Waals surface area contributed by atoms with Crippen LogP contribution >= 0.6 is 0 Å². The number of ether oxygens (including phenoxy) is 1. The predicted octanol–water partition coefficient (Wildman–Crippen LogP) is 1.45. The highest BCUT2D eigenvalue weighted by molar-refractivity contribution is 7.89. The number of rotatable bonds is 6. The first-order valence-corrected chi connectivity index (χ1v) is 7.86. The minimum absolute atomic E-state index is 0.0792. The molecule has 0 aliphatic carbocycles. The van der Waals surface area contributed by atoms with E-state index in [0.717, 1.165) is 0 Å². The van der Waals surface area contributed by atoms with Gasteiger partial charge in [-0.2, -0.15) is 0 Å². The van der Waals surface area contributed by atoms with E-state index in [0.29, 0.717) is 23.2 Å². The zero-order valence-corrected chi connectivity index (χ0v) is 12.3. The van der Waals surface area contributed by atoms with Gasteiger partial charge in [0.15, 0.2) is 0 Å². The standard InChI is InChI=1S/C13H19N3O3S/c1-9(2)19-6-5-16-20(17,18)13-8-15-12-7-10(14)3-4-11(12)13/h3-4,7-9,15-16H,5-6,14H2,1-2H3. The molecule has 0 saturated carbocycles. The molecule has 4 N–H and O–H groups in total. The molecule has 0 amide bonds. The summed E-state index contributed by atoms with van der Waals surface area (Å²) in [6.07, 6.45) is 1.55. The van der Waals surface area contributed by atoms with Crippen LogP contribution in [-0.4, -0.2) is 32.7 Å². The van der Waals surface area contributed by atoms with Gasteiger partial charge in [-0.05, 0) is 32.0 Å². The molecule has 2 aromatic rings. The number of fused-ring (bicyclic) bond motifs is 1. The van der Waals surface area contributed by atoms with Gasteiger partial charge in [-0.25, -0.2) is 13.1 Å². The third kappa shape index (κ3) is 3.30. The highest BCUT2D eigenvalue weighted by atomic mass is 32.2. The average molecular weight is 297 g/mol. The zero-order chi connectivity index (χ0) is 14.8. The summed E-state index contributed by atoms with van der Waals surface area (Å²) in [6.45, 7) is 4.38. The number of nitrogens with two attached hydrogens (primary N) is 1. The second-order valence-electron chi connectivity index (χ2n) is 4.78. The Morgan fingerprint density at radius 2 is 2.15 bits per heavy atom. The lowest BCUT2D eigenvalue weighted by molar-refractivity contribution is 0.0834. The number of nitrogens with one attached hydrogen (secondary N) is 2. The SMILES string of the molecule is CC(C)OCCNS(=O)(=O)c1c[nH]c2cc(N)ccc12. The number of aromatic amines is 1. The van der Waals surface area contributed by atoms with E-state index in [-0.39, 0.29) is 17.5 Å². The molecule has 1 aromatic carbocycles. The van der Waals surface area contributed by atoms with Crippen LogP contribution in [0.15, 0.2) is 29.3 Å². The summed E-state index contributed by atoms with van der Waals surface area (Å²) in [5, 5.41) is 0.622. The molecule has 0 fully saturated rings. The number of sulfonamides is 1. The molecule has 110 valence electrons. The Morgan fingerprint density at radius 3 is 2.85 bits per heavy atom. The normalized spacial score (nSPS) is 12.3. The third-order valence-corrected chi connectivity index (χ3v) is 4.30. The van der Waals surface area contributed by atoms with Crippen LogP contribution in [-0.2, 0) is 14.8 Å². The molecule has 0 aliphatic heterocycles. The lowest BCUT2D eigenvalue weighted by Gasteiger charge is -2.08. The van der Waals surface area contributed by atoms with Gasteiger partial charge in [0.25, 0.3) is 0 Å². The van der Waals surface area contributed by atoms with Crippen molar-refractivity contribution in [2.45, 2.75) is 24.8 Å². The summed E-state index contributed by atoms with van der Waals surface area (Å²) in [5.74, 6) is 0. The highest BCUT2D eigenvalue weighted by Crippen LogP contribution is 2.24. The summed E-state index contributed by atoms with van der Waals surface area (Å²) in [7, 11) is -3.56. The lowest BCUT2D eigenvalue weighted by Crippen LogP contribution is -2.28. The van der Waals surface area contributed by atoms with E-state index in [1.807, 2.05) is 13.8 Å². The van der Waals surface area contributed by atoms with Gasteiger partial charge in [0.2, 0.25) is 10.0 Å². The van der Waals surface area contributed by atoms with Crippen molar-refractivity contribution in [2.24, 2.45) is 0 Å². The molecule has 0 atom stereocenters. The van der Waals surface area contributed by atoms with Crippen molar-refractivity contribution in [2.75, 3.05) is 18.9 Å². The maximum absolute atomic E-state index is 12.2. The number of benzene rings is 1. The number of aromatic nitrogens is 1. The quantitative estimate of drug-likeness (QED) is 0.555. The largest absolute Gasteiger partial charge is 0.399 e. The monoisotopic (exact) mass is 297 g/mol. The fraction of sp³-hybridized carbons (Fsp3) is 0.385. The molecule has 0 unspecified atom stereocenters. The lowest BCUT2D eigenvalue weighted by atomic mass is 10.2. The van der Waals surface area contributed by atoms with E-state index >= 15 is 0 Å². The predicted molar refractivity (Wildman–Crippen MR) is 79.0 cm³/mol. The number of H-pyrrole nitrogens is 1. The van der Waals surface area contributed by atoms with Gasteiger partial charge in [-0.3, -0.25) is 0 Å². The minimum atomic E-state index is -3.56. The molecule has 0 aliphatic rings. The molecule has 0 saturated heterocycles. The fourth-order valence-corrected chi connectivity index (χ4v) is 3.08. The highest BCUT2D eigenvalue weighted by Gasteiger charge is 2.18. The third-order valence-electron chi connectivity index (χ3n) is 2.80. The maximum Gasteiger partial charge on any atom is 0.242 e. The molecule has 1 heterocycles. The number of nitrogen functional groups attached to an aromatic ring is 1. The Balaban J connectivity index is 2.15. The Labute approximate surface area is 118 Å². The minimum Gasteiger partial charge on any atom is -0.399 e. The van der Waals surface area contributed by atoms with Gasteiger partial charge < -0.3 is 15.5 Å². The van der Waals surface area contributed by atoms with E-state index in [1.165, 1.54) is 6.20 Å².